The molecule has 1 N–H and O–H groups in total. The Hall–Kier alpha value is -1.00. The lowest BCUT2D eigenvalue weighted by Gasteiger charge is -2.37. The summed E-state index contributed by atoms with van der Waals surface area (Å²) >= 11 is 0. The standard InChI is InChI=1S/C17H26F2N2/c1-3-13-8-5-6-11-21(13)12-16(20-4-2)14-9-7-10-15(18)17(14)19/h7,9-10,13,16,20H,3-6,8,11-12H2,1-2H3. The number of piperidine rings is 1. The highest BCUT2D eigenvalue weighted by atomic mass is 19.2. The fraction of sp³-hybridized carbons (Fsp3) is 0.647. The highest BCUT2D eigenvalue weighted by molar-refractivity contribution is 5.23. The van der Waals surface area contributed by atoms with Crippen molar-refractivity contribution in [1.29, 1.82) is 0 Å². The molecule has 1 aliphatic heterocycles. The van der Waals surface area contributed by atoms with Crippen LogP contribution in [0.4, 0.5) is 8.78 Å². The molecule has 1 saturated heterocycles. The van der Waals surface area contributed by atoms with Crippen LogP contribution in [0.5, 0.6) is 0 Å². The minimum absolute atomic E-state index is 0.155. The Morgan fingerprint density at radius 2 is 2.10 bits per heavy atom. The second-order valence-corrected chi connectivity index (χ2v) is 5.81. The first-order chi connectivity index (χ1) is 10.2. The smallest absolute Gasteiger partial charge is 0.163 e. The number of nitrogens with one attached hydrogen (secondary N) is 1. The molecule has 118 valence electrons. The van der Waals surface area contributed by atoms with Gasteiger partial charge in [0.25, 0.3) is 0 Å². The van der Waals surface area contributed by atoms with Crippen molar-refractivity contribution in [2.45, 2.75) is 51.6 Å². The zero-order chi connectivity index (χ0) is 15.2. The molecule has 1 aromatic rings. The van der Waals surface area contributed by atoms with Crippen LogP contribution in [-0.4, -0.2) is 30.6 Å². The van der Waals surface area contributed by atoms with Crippen LogP contribution < -0.4 is 5.32 Å². The number of halogens is 2. The average Bonchev–Trinajstić information content (AvgIpc) is 2.50. The number of hydrogen-bond donors (Lipinski definition) is 1. The molecule has 2 nitrogen and oxygen atoms in total. The molecule has 2 unspecified atom stereocenters. The molecule has 0 aromatic heterocycles. The molecule has 21 heavy (non-hydrogen) atoms. The van der Waals surface area contributed by atoms with Crippen LogP contribution in [0, 0.1) is 11.6 Å². The van der Waals surface area contributed by atoms with E-state index in [4.69, 9.17) is 0 Å². The summed E-state index contributed by atoms with van der Waals surface area (Å²) in [5, 5.41) is 3.31. The van der Waals surface area contributed by atoms with Crippen molar-refractivity contribution in [2.75, 3.05) is 19.6 Å². The molecule has 4 heteroatoms. The SMILES string of the molecule is CCNC(CN1CCCCC1CC)c1cccc(F)c1F. The summed E-state index contributed by atoms with van der Waals surface area (Å²) in [4.78, 5) is 2.43. The van der Waals surface area contributed by atoms with E-state index >= 15 is 0 Å². The first-order valence-corrected chi connectivity index (χ1v) is 8.08. The van der Waals surface area contributed by atoms with Gasteiger partial charge in [-0.15, -0.1) is 0 Å². The molecule has 0 aliphatic carbocycles. The van der Waals surface area contributed by atoms with Gasteiger partial charge in [0.05, 0.1) is 0 Å². The molecule has 1 aliphatic rings. The van der Waals surface area contributed by atoms with Crippen molar-refractivity contribution < 1.29 is 8.78 Å². The average molecular weight is 296 g/mol. The Morgan fingerprint density at radius 1 is 1.29 bits per heavy atom. The molecule has 1 heterocycles. The molecule has 0 saturated carbocycles. The molecule has 1 aromatic carbocycles. The maximum Gasteiger partial charge on any atom is 0.163 e. The van der Waals surface area contributed by atoms with Gasteiger partial charge in [0.1, 0.15) is 0 Å². The zero-order valence-electron chi connectivity index (χ0n) is 13.0. The van der Waals surface area contributed by atoms with Crippen LogP contribution in [0.3, 0.4) is 0 Å². The summed E-state index contributed by atoms with van der Waals surface area (Å²) in [6.07, 6.45) is 4.79. The largest absolute Gasteiger partial charge is 0.309 e. The first kappa shape index (κ1) is 16.4. The summed E-state index contributed by atoms with van der Waals surface area (Å²) in [5.74, 6) is -1.48. The molecule has 0 amide bonds. The quantitative estimate of drug-likeness (QED) is 0.857. The first-order valence-electron chi connectivity index (χ1n) is 8.08. The molecule has 2 rings (SSSR count). The number of nitrogens with zero attached hydrogens (tertiary/aromatic N) is 1. The van der Waals surface area contributed by atoms with E-state index in [1.807, 2.05) is 6.92 Å². The third-order valence-corrected chi connectivity index (χ3v) is 4.44. The van der Waals surface area contributed by atoms with E-state index in [2.05, 4.69) is 17.1 Å². The van der Waals surface area contributed by atoms with Gasteiger partial charge in [0.2, 0.25) is 0 Å². The van der Waals surface area contributed by atoms with Crippen molar-refractivity contribution in [2.24, 2.45) is 0 Å². The number of benzene rings is 1. The highest BCUT2D eigenvalue weighted by Gasteiger charge is 2.26. The number of likely N-dealkylation sites (N-methyl/N-ethyl adjacent to an activating group) is 1. The third-order valence-electron chi connectivity index (χ3n) is 4.44. The highest BCUT2D eigenvalue weighted by Crippen LogP contribution is 2.25. The van der Waals surface area contributed by atoms with Gasteiger partial charge >= 0.3 is 0 Å². The third kappa shape index (κ3) is 4.01. The minimum Gasteiger partial charge on any atom is -0.309 e. The lowest BCUT2D eigenvalue weighted by molar-refractivity contribution is 0.128. The van der Waals surface area contributed by atoms with Crippen LogP contribution in [0.2, 0.25) is 0 Å². The minimum atomic E-state index is -0.763. The van der Waals surface area contributed by atoms with Crippen LogP contribution >= 0.6 is 0 Å². The van der Waals surface area contributed by atoms with Gasteiger partial charge in [-0.1, -0.05) is 32.4 Å². The maximum absolute atomic E-state index is 14.1. The topological polar surface area (TPSA) is 15.3 Å². The van der Waals surface area contributed by atoms with Crippen molar-refractivity contribution in [3.8, 4) is 0 Å². The fourth-order valence-electron chi connectivity index (χ4n) is 3.31. The summed E-state index contributed by atoms with van der Waals surface area (Å²) in [5.41, 5.74) is 0.442. The lowest BCUT2D eigenvalue weighted by atomic mass is 9.97. The van der Waals surface area contributed by atoms with E-state index < -0.39 is 11.6 Å². The molecule has 1 fully saturated rings. The van der Waals surface area contributed by atoms with Crippen molar-refractivity contribution in [3.63, 3.8) is 0 Å². The number of likely N-dealkylation sites (tertiary alicyclic amines) is 1. The van der Waals surface area contributed by atoms with E-state index in [1.165, 1.54) is 25.3 Å². The van der Waals surface area contributed by atoms with Gasteiger partial charge in [-0.3, -0.25) is 4.90 Å². The van der Waals surface area contributed by atoms with Crippen LogP contribution in [0.1, 0.15) is 51.1 Å². The predicted molar refractivity (Wildman–Crippen MR) is 82.3 cm³/mol. The zero-order valence-corrected chi connectivity index (χ0v) is 13.0. The lowest BCUT2D eigenvalue weighted by Crippen LogP contribution is -2.44. The number of rotatable bonds is 6. The molecular weight excluding hydrogens is 270 g/mol. The van der Waals surface area contributed by atoms with Crippen molar-refractivity contribution >= 4 is 0 Å². The van der Waals surface area contributed by atoms with E-state index in [0.29, 0.717) is 11.6 Å². The van der Waals surface area contributed by atoms with Gasteiger partial charge < -0.3 is 5.32 Å². The Bertz CT molecular complexity index is 450. The molecular formula is C17H26F2N2. The normalized spacial score (nSPS) is 21.4. The monoisotopic (exact) mass is 296 g/mol. The van der Waals surface area contributed by atoms with Gasteiger partial charge in [-0.25, -0.2) is 8.78 Å². The summed E-state index contributed by atoms with van der Waals surface area (Å²) in [7, 11) is 0. The van der Waals surface area contributed by atoms with Gasteiger partial charge in [-0.2, -0.15) is 0 Å². The van der Waals surface area contributed by atoms with E-state index in [9.17, 15) is 8.78 Å². The summed E-state index contributed by atoms with van der Waals surface area (Å²) < 4.78 is 27.6. The Balaban J connectivity index is 2.16. The number of hydrogen-bond acceptors (Lipinski definition) is 2. The predicted octanol–water partition coefficient (Wildman–Crippen LogP) is 3.88. The summed E-state index contributed by atoms with van der Waals surface area (Å²) in [6, 6.07) is 4.87. The van der Waals surface area contributed by atoms with Gasteiger partial charge in [-0.05, 0) is 38.4 Å². The maximum atomic E-state index is 14.1. The van der Waals surface area contributed by atoms with Crippen LogP contribution in [-0.2, 0) is 0 Å². The second kappa shape index (κ2) is 7.85. The van der Waals surface area contributed by atoms with E-state index in [-0.39, 0.29) is 6.04 Å². The van der Waals surface area contributed by atoms with Crippen molar-refractivity contribution in [3.05, 3.63) is 35.4 Å². The summed E-state index contributed by atoms with van der Waals surface area (Å²) in [6.45, 7) is 6.74. The Morgan fingerprint density at radius 3 is 2.81 bits per heavy atom. The fourth-order valence-corrected chi connectivity index (χ4v) is 3.31. The molecule has 0 spiro atoms. The van der Waals surface area contributed by atoms with Crippen LogP contribution in [0.25, 0.3) is 0 Å². The van der Waals surface area contributed by atoms with E-state index in [1.54, 1.807) is 12.1 Å². The van der Waals surface area contributed by atoms with Crippen molar-refractivity contribution in [1.82, 2.24) is 10.2 Å². The van der Waals surface area contributed by atoms with Gasteiger partial charge in [0, 0.05) is 24.2 Å². The Kier molecular flexibility index (Phi) is 6.12. The Labute approximate surface area is 126 Å². The molecule has 0 bridgehead atoms. The van der Waals surface area contributed by atoms with E-state index in [0.717, 1.165) is 26.1 Å². The molecule has 2 atom stereocenters. The van der Waals surface area contributed by atoms with Gasteiger partial charge in [0.15, 0.2) is 11.6 Å². The van der Waals surface area contributed by atoms with Crippen LogP contribution in [0.15, 0.2) is 18.2 Å². The second-order valence-electron chi connectivity index (χ2n) is 5.81. The molecule has 0 radical (unpaired) electrons.